The quantitative estimate of drug-likeness (QED) is 0.522. The lowest BCUT2D eigenvalue weighted by atomic mass is 9.98. The Bertz CT molecular complexity index is 1270. The Labute approximate surface area is 165 Å². The van der Waals surface area contributed by atoms with Crippen LogP contribution in [0.25, 0.3) is 17.0 Å². The lowest BCUT2D eigenvalue weighted by molar-refractivity contribution is 0.0632. The Balaban J connectivity index is 1.36. The van der Waals surface area contributed by atoms with Crippen LogP contribution in [-0.2, 0) is 13.5 Å². The number of hydrogen-bond donors (Lipinski definition) is 0. The van der Waals surface area contributed by atoms with E-state index in [1.807, 2.05) is 41.8 Å². The SMILES string of the molecule is Cc1cc2ncc3c(n2n1)C[C@@H]1CC[C@H]3N1C(=O)c1cc(-c2cnn(C)c2)on1. The van der Waals surface area contributed by atoms with Crippen LogP contribution in [0.3, 0.4) is 0 Å². The zero-order chi connectivity index (χ0) is 19.7. The van der Waals surface area contributed by atoms with Gasteiger partial charge in [-0.15, -0.1) is 0 Å². The van der Waals surface area contributed by atoms with Gasteiger partial charge in [-0.2, -0.15) is 10.2 Å². The smallest absolute Gasteiger partial charge is 0.276 e. The third-order valence-electron chi connectivity index (χ3n) is 5.98. The lowest BCUT2D eigenvalue weighted by Gasteiger charge is -2.35. The molecule has 6 rings (SSSR count). The van der Waals surface area contributed by atoms with Crippen LogP contribution >= 0.6 is 0 Å². The van der Waals surface area contributed by atoms with Gasteiger partial charge in [0.25, 0.3) is 5.91 Å². The van der Waals surface area contributed by atoms with Crippen molar-refractivity contribution in [3.05, 3.63) is 53.4 Å². The highest BCUT2D eigenvalue weighted by atomic mass is 16.5. The molecule has 146 valence electrons. The first-order chi connectivity index (χ1) is 14.1. The van der Waals surface area contributed by atoms with Crippen molar-refractivity contribution < 1.29 is 9.32 Å². The van der Waals surface area contributed by atoms with Gasteiger partial charge in [0.2, 0.25) is 0 Å². The minimum absolute atomic E-state index is 0.00352. The summed E-state index contributed by atoms with van der Waals surface area (Å²) in [6.45, 7) is 1.97. The molecular weight excluding hydrogens is 370 g/mol. The van der Waals surface area contributed by atoms with Crippen molar-refractivity contribution in [2.24, 2.45) is 7.05 Å². The fourth-order valence-electron chi connectivity index (χ4n) is 4.70. The van der Waals surface area contributed by atoms with Crippen molar-refractivity contribution >= 4 is 11.6 Å². The van der Waals surface area contributed by atoms with Gasteiger partial charge in [-0.25, -0.2) is 9.50 Å². The van der Waals surface area contributed by atoms with Gasteiger partial charge in [-0.05, 0) is 19.8 Å². The standard InChI is InChI=1S/C20H19N7O2/c1-11-5-19-21-9-14-16-4-3-13(6-17(14)27(19)23-11)26(16)20(28)15-7-18(29-24-15)12-8-22-25(2)10-12/h5,7-10,13,16H,3-4,6H2,1-2H3/t13-,16+/m0/s1. The molecule has 0 unspecified atom stereocenters. The fraction of sp³-hybridized carbons (Fsp3) is 0.350. The minimum Gasteiger partial charge on any atom is -0.355 e. The topological polar surface area (TPSA) is 94.3 Å². The third-order valence-corrected chi connectivity index (χ3v) is 5.98. The van der Waals surface area contributed by atoms with Crippen molar-refractivity contribution in [2.75, 3.05) is 0 Å². The molecule has 2 aliphatic rings. The molecule has 1 fully saturated rings. The number of aromatic nitrogens is 6. The van der Waals surface area contributed by atoms with E-state index in [4.69, 9.17) is 4.52 Å². The molecule has 1 saturated heterocycles. The Morgan fingerprint density at radius 2 is 2.14 bits per heavy atom. The predicted molar refractivity (Wildman–Crippen MR) is 102 cm³/mol. The van der Waals surface area contributed by atoms with Gasteiger partial charge in [0.05, 0.1) is 29.2 Å². The molecule has 0 aromatic carbocycles. The number of fused-ring (bicyclic) bond motifs is 6. The monoisotopic (exact) mass is 389 g/mol. The summed E-state index contributed by atoms with van der Waals surface area (Å²) in [6, 6.07) is 3.81. The molecule has 0 radical (unpaired) electrons. The highest BCUT2D eigenvalue weighted by molar-refractivity contribution is 5.94. The van der Waals surface area contributed by atoms with Gasteiger partial charge < -0.3 is 9.42 Å². The van der Waals surface area contributed by atoms with E-state index in [0.29, 0.717) is 11.5 Å². The molecule has 4 aromatic heterocycles. The first-order valence-electron chi connectivity index (χ1n) is 9.71. The number of carbonyl (C=O) groups is 1. The van der Waals surface area contributed by atoms with E-state index in [-0.39, 0.29) is 18.0 Å². The van der Waals surface area contributed by atoms with Gasteiger partial charge >= 0.3 is 0 Å². The first-order valence-corrected chi connectivity index (χ1v) is 9.71. The maximum Gasteiger partial charge on any atom is 0.276 e. The van der Waals surface area contributed by atoms with E-state index >= 15 is 0 Å². The molecule has 4 aromatic rings. The van der Waals surface area contributed by atoms with Crippen LogP contribution < -0.4 is 0 Å². The second-order valence-electron chi connectivity index (χ2n) is 7.86. The van der Waals surface area contributed by atoms with E-state index in [1.165, 1.54) is 0 Å². The molecule has 9 heteroatoms. The van der Waals surface area contributed by atoms with Crippen LogP contribution in [-0.4, -0.2) is 46.4 Å². The van der Waals surface area contributed by atoms with E-state index < -0.39 is 0 Å². The van der Waals surface area contributed by atoms with Crippen LogP contribution in [0.5, 0.6) is 0 Å². The molecule has 1 amide bonds. The number of hydrogen-bond acceptors (Lipinski definition) is 6. The highest BCUT2D eigenvalue weighted by Gasteiger charge is 2.44. The number of aryl methyl sites for hydroxylation is 2. The second-order valence-corrected chi connectivity index (χ2v) is 7.86. The van der Waals surface area contributed by atoms with Crippen LogP contribution in [0.15, 0.2) is 35.2 Å². The zero-order valence-electron chi connectivity index (χ0n) is 16.1. The van der Waals surface area contributed by atoms with Crippen LogP contribution in [0.4, 0.5) is 0 Å². The van der Waals surface area contributed by atoms with Gasteiger partial charge in [-0.3, -0.25) is 9.48 Å². The summed E-state index contributed by atoms with van der Waals surface area (Å²) in [5.74, 6) is 0.445. The number of rotatable bonds is 2. The minimum atomic E-state index is -0.0983. The number of amides is 1. The summed E-state index contributed by atoms with van der Waals surface area (Å²) >= 11 is 0. The molecule has 0 spiro atoms. The maximum absolute atomic E-state index is 13.3. The van der Waals surface area contributed by atoms with Crippen molar-refractivity contribution in [3.8, 4) is 11.3 Å². The van der Waals surface area contributed by atoms with Gasteiger partial charge in [0.15, 0.2) is 17.1 Å². The summed E-state index contributed by atoms with van der Waals surface area (Å²) in [5.41, 5.74) is 5.18. The molecule has 0 saturated carbocycles. The third kappa shape index (κ3) is 2.36. The lowest BCUT2D eigenvalue weighted by Crippen LogP contribution is -2.42. The Kier molecular flexibility index (Phi) is 3.27. The second kappa shape index (κ2) is 5.76. The molecule has 6 heterocycles. The molecule has 0 N–H and O–H groups in total. The predicted octanol–water partition coefficient (Wildman–Crippen LogP) is 2.33. The average molecular weight is 389 g/mol. The highest BCUT2D eigenvalue weighted by Crippen LogP contribution is 2.44. The molecule has 2 aliphatic heterocycles. The summed E-state index contributed by atoms with van der Waals surface area (Å²) in [5, 5.41) is 12.8. The van der Waals surface area contributed by atoms with Crippen molar-refractivity contribution in [1.82, 2.24) is 34.4 Å². The summed E-state index contributed by atoms with van der Waals surface area (Å²) in [7, 11) is 1.83. The molecule has 2 bridgehead atoms. The molecule has 29 heavy (non-hydrogen) atoms. The zero-order valence-corrected chi connectivity index (χ0v) is 16.1. The van der Waals surface area contributed by atoms with Gasteiger partial charge in [-0.1, -0.05) is 5.16 Å². The van der Waals surface area contributed by atoms with Gasteiger partial charge in [0.1, 0.15) is 0 Å². The Morgan fingerprint density at radius 1 is 1.24 bits per heavy atom. The Hall–Kier alpha value is -3.49. The maximum atomic E-state index is 13.3. The average Bonchev–Trinajstić information content (AvgIpc) is 3.46. The Morgan fingerprint density at radius 3 is 2.97 bits per heavy atom. The number of carbonyl (C=O) groups excluding carboxylic acids is 1. The van der Waals surface area contributed by atoms with E-state index in [9.17, 15) is 4.79 Å². The summed E-state index contributed by atoms with van der Waals surface area (Å²) < 4.78 is 9.04. The van der Waals surface area contributed by atoms with Crippen LogP contribution in [0, 0.1) is 6.92 Å². The van der Waals surface area contributed by atoms with Crippen LogP contribution in [0.2, 0.25) is 0 Å². The van der Waals surface area contributed by atoms with E-state index in [2.05, 4.69) is 20.3 Å². The van der Waals surface area contributed by atoms with Crippen LogP contribution in [0.1, 0.15) is 46.3 Å². The first kappa shape index (κ1) is 16.5. The molecule has 0 aliphatic carbocycles. The number of nitrogens with zero attached hydrogens (tertiary/aromatic N) is 7. The fourth-order valence-corrected chi connectivity index (χ4v) is 4.70. The molecule has 9 nitrogen and oxygen atoms in total. The molecular formula is C20H19N7O2. The largest absolute Gasteiger partial charge is 0.355 e. The summed E-state index contributed by atoms with van der Waals surface area (Å²) in [6.07, 6.45) is 8.08. The van der Waals surface area contributed by atoms with E-state index in [0.717, 1.165) is 47.4 Å². The van der Waals surface area contributed by atoms with Crippen molar-refractivity contribution in [1.29, 1.82) is 0 Å². The van der Waals surface area contributed by atoms with Gasteiger partial charge in [0, 0.05) is 49.6 Å². The molecule has 2 atom stereocenters. The van der Waals surface area contributed by atoms with E-state index in [1.54, 1.807) is 16.9 Å². The summed E-state index contributed by atoms with van der Waals surface area (Å²) in [4.78, 5) is 19.8. The normalized spacial score (nSPS) is 20.4. The van der Waals surface area contributed by atoms with Crippen molar-refractivity contribution in [2.45, 2.75) is 38.3 Å². The van der Waals surface area contributed by atoms with Crippen molar-refractivity contribution in [3.63, 3.8) is 0 Å².